The largest absolute Gasteiger partial charge is 0.487 e. The fourth-order valence-corrected chi connectivity index (χ4v) is 3.88. The van der Waals surface area contributed by atoms with Gasteiger partial charge in [-0.2, -0.15) is 0 Å². The van der Waals surface area contributed by atoms with Crippen molar-refractivity contribution in [2.24, 2.45) is 5.92 Å². The summed E-state index contributed by atoms with van der Waals surface area (Å²) >= 11 is 1.59. The molecule has 0 atom stereocenters. The van der Waals surface area contributed by atoms with E-state index in [-0.39, 0.29) is 23.8 Å². The van der Waals surface area contributed by atoms with Gasteiger partial charge >= 0.3 is 0 Å². The molecule has 150 valence electrons. The maximum absolute atomic E-state index is 12.8. The van der Waals surface area contributed by atoms with Crippen LogP contribution in [0.5, 0.6) is 5.75 Å². The normalized spacial score (nSPS) is 14.9. The topological polar surface area (TPSA) is 71.5 Å². The van der Waals surface area contributed by atoms with Crippen LogP contribution in [0.1, 0.15) is 47.7 Å². The van der Waals surface area contributed by atoms with Crippen molar-refractivity contribution < 1.29 is 14.3 Å². The number of hydrogen-bond donors (Lipinski definition) is 1. The van der Waals surface area contributed by atoms with Gasteiger partial charge in [-0.25, -0.2) is 4.98 Å². The second kappa shape index (κ2) is 9.19. The monoisotopic (exact) mass is 401 g/mol. The van der Waals surface area contributed by atoms with Gasteiger partial charge in [-0.15, -0.1) is 11.3 Å². The number of amides is 2. The number of likely N-dealkylation sites (tertiary alicyclic amines) is 1. The maximum atomic E-state index is 12.8. The zero-order valence-corrected chi connectivity index (χ0v) is 17.4. The third-order valence-electron chi connectivity index (χ3n) is 4.72. The number of thiazole rings is 1. The quantitative estimate of drug-likeness (QED) is 0.805. The molecule has 1 aromatic carbocycles. The molecule has 2 heterocycles. The average Bonchev–Trinajstić information content (AvgIpc) is 3.11. The van der Waals surface area contributed by atoms with Gasteiger partial charge in [-0.1, -0.05) is 6.07 Å². The zero-order chi connectivity index (χ0) is 20.1. The van der Waals surface area contributed by atoms with E-state index in [9.17, 15) is 9.59 Å². The Morgan fingerprint density at radius 1 is 1.32 bits per heavy atom. The predicted molar refractivity (Wildman–Crippen MR) is 110 cm³/mol. The second-order valence-electron chi connectivity index (χ2n) is 7.40. The summed E-state index contributed by atoms with van der Waals surface area (Å²) in [5, 5.41) is 5.94. The minimum atomic E-state index is -0.0160. The van der Waals surface area contributed by atoms with Crippen molar-refractivity contribution in [2.45, 2.75) is 46.3 Å². The molecule has 1 aliphatic heterocycles. The Bertz CT molecular complexity index is 826. The molecule has 2 amide bonds. The molecular formula is C21H27N3O3S. The molecule has 1 saturated heterocycles. The number of aromatic nitrogens is 1. The SMILES string of the molecule is Cc1nc(COc2cccc(C(=O)N3CCC(C(=O)NC(C)C)CC3)c2)cs1. The zero-order valence-electron chi connectivity index (χ0n) is 16.6. The van der Waals surface area contributed by atoms with Crippen LogP contribution in [0.15, 0.2) is 29.6 Å². The lowest BCUT2D eigenvalue weighted by molar-refractivity contribution is -0.126. The van der Waals surface area contributed by atoms with E-state index in [1.165, 1.54) is 0 Å². The first-order chi connectivity index (χ1) is 13.4. The molecule has 0 saturated carbocycles. The second-order valence-corrected chi connectivity index (χ2v) is 8.47. The summed E-state index contributed by atoms with van der Waals surface area (Å²) in [6.07, 6.45) is 1.40. The molecular weight excluding hydrogens is 374 g/mol. The Hall–Kier alpha value is -2.41. The van der Waals surface area contributed by atoms with Gasteiger partial charge in [-0.3, -0.25) is 9.59 Å². The molecule has 7 heteroatoms. The molecule has 3 rings (SSSR count). The lowest BCUT2D eigenvalue weighted by atomic mass is 9.95. The molecule has 0 unspecified atom stereocenters. The van der Waals surface area contributed by atoms with E-state index in [4.69, 9.17) is 4.74 Å². The molecule has 0 aliphatic carbocycles. The highest BCUT2D eigenvalue weighted by molar-refractivity contribution is 7.09. The van der Waals surface area contributed by atoms with Crippen LogP contribution in [0, 0.1) is 12.8 Å². The minimum Gasteiger partial charge on any atom is -0.487 e. The lowest BCUT2D eigenvalue weighted by Crippen LogP contribution is -2.44. The first kappa shape index (κ1) is 20.3. The number of hydrogen-bond acceptors (Lipinski definition) is 5. The summed E-state index contributed by atoms with van der Waals surface area (Å²) in [5.41, 5.74) is 1.50. The lowest BCUT2D eigenvalue weighted by Gasteiger charge is -2.31. The smallest absolute Gasteiger partial charge is 0.253 e. The highest BCUT2D eigenvalue weighted by Gasteiger charge is 2.28. The molecule has 6 nitrogen and oxygen atoms in total. The van der Waals surface area contributed by atoms with Crippen LogP contribution >= 0.6 is 11.3 Å². The fourth-order valence-electron chi connectivity index (χ4n) is 3.28. The summed E-state index contributed by atoms with van der Waals surface area (Å²) in [6.45, 7) is 7.46. The van der Waals surface area contributed by atoms with Crippen LogP contribution in [0.2, 0.25) is 0 Å². The molecule has 0 bridgehead atoms. The van der Waals surface area contributed by atoms with E-state index in [0.717, 1.165) is 10.7 Å². The van der Waals surface area contributed by atoms with Crippen molar-refractivity contribution in [3.05, 3.63) is 45.9 Å². The first-order valence-electron chi connectivity index (χ1n) is 9.66. The molecule has 2 aromatic rings. The van der Waals surface area contributed by atoms with E-state index in [0.29, 0.717) is 43.9 Å². The van der Waals surface area contributed by atoms with E-state index >= 15 is 0 Å². The number of carbonyl (C=O) groups is 2. The van der Waals surface area contributed by atoms with Crippen molar-refractivity contribution in [2.75, 3.05) is 13.1 Å². The fraction of sp³-hybridized carbons (Fsp3) is 0.476. The molecule has 1 N–H and O–H groups in total. The maximum Gasteiger partial charge on any atom is 0.253 e. The molecule has 0 spiro atoms. The molecule has 1 aromatic heterocycles. The minimum absolute atomic E-state index is 0.0114. The number of benzene rings is 1. The van der Waals surface area contributed by atoms with Gasteiger partial charge in [0, 0.05) is 36.0 Å². The van der Waals surface area contributed by atoms with E-state index in [2.05, 4.69) is 10.3 Å². The van der Waals surface area contributed by atoms with Crippen LogP contribution in [0.4, 0.5) is 0 Å². The number of aryl methyl sites for hydroxylation is 1. The number of ether oxygens (including phenoxy) is 1. The van der Waals surface area contributed by atoms with Crippen LogP contribution in [0.3, 0.4) is 0 Å². The summed E-state index contributed by atoms with van der Waals surface area (Å²) in [7, 11) is 0. The van der Waals surface area contributed by atoms with Gasteiger partial charge in [-0.05, 0) is 51.8 Å². The Labute approximate surface area is 169 Å². The standard InChI is InChI=1S/C21H27N3O3S/c1-14(2)22-20(25)16-7-9-24(10-8-16)21(26)17-5-4-6-19(11-17)27-12-18-13-28-15(3)23-18/h4-6,11,13-14,16H,7-10,12H2,1-3H3,(H,22,25). The average molecular weight is 402 g/mol. The number of nitrogens with one attached hydrogen (secondary N) is 1. The number of nitrogens with zero attached hydrogens (tertiary/aromatic N) is 2. The van der Waals surface area contributed by atoms with Gasteiger partial charge in [0.25, 0.3) is 5.91 Å². The van der Waals surface area contributed by atoms with Crippen molar-refractivity contribution in [1.82, 2.24) is 15.2 Å². The van der Waals surface area contributed by atoms with Crippen molar-refractivity contribution >= 4 is 23.2 Å². The highest BCUT2D eigenvalue weighted by Crippen LogP contribution is 2.22. The van der Waals surface area contributed by atoms with Gasteiger partial charge in [0.15, 0.2) is 0 Å². The Morgan fingerprint density at radius 3 is 2.71 bits per heavy atom. The number of piperidine rings is 1. The predicted octanol–water partition coefficient (Wildman–Crippen LogP) is 3.41. The summed E-state index contributed by atoms with van der Waals surface area (Å²) in [4.78, 5) is 31.2. The van der Waals surface area contributed by atoms with Gasteiger partial charge < -0.3 is 15.0 Å². The molecule has 28 heavy (non-hydrogen) atoms. The van der Waals surface area contributed by atoms with E-state index < -0.39 is 0 Å². The van der Waals surface area contributed by atoms with Gasteiger partial charge in [0.1, 0.15) is 12.4 Å². The third kappa shape index (κ3) is 5.32. The summed E-state index contributed by atoms with van der Waals surface area (Å²) < 4.78 is 5.79. The van der Waals surface area contributed by atoms with E-state index in [1.54, 1.807) is 23.5 Å². The van der Waals surface area contributed by atoms with Crippen molar-refractivity contribution in [3.63, 3.8) is 0 Å². The molecule has 1 fully saturated rings. The van der Waals surface area contributed by atoms with Gasteiger partial charge in [0.2, 0.25) is 5.91 Å². The number of rotatable bonds is 6. The Kier molecular flexibility index (Phi) is 6.67. The Balaban J connectivity index is 1.55. The van der Waals surface area contributed by atoms with Gasteiger partial charge in [0.05, 0.1) is 10.7 Å². The molecule has 0 radical (unpaired) electrons. The van der Waals surface area contributed by atoms with Crippen LogP contribution in [-0.2, 0) is 11.4 Å². The first-order valence-corrected chi connectivity index (χ1v) is 10.5. The highest BCUT2D eigenvalue weighted by atomic mass is 32.1. The third-order valence-corrected chi connectivity index (χ3v) is 5.54. The van der Waals surface area contributed by atoms with Crippen molar-refractivity contribution in [3.8, 4) is 5.75 Å². The van der Waals surface area contributed by atoms with Crippen LogP contribution < -0.4 is 10.1 Å². The number of carbonyl (C=O) groups excluding carboxylic acids is 2. The van der Waals surface area contributed by atoms with Crippen molar-refractivity contribution in [1.29, 1.82) is 0 Å². The Morgan fingerprint density at radius 2 is 2.07 bits per heavy atom. The van der Waals surface area contributed by atoms with Crippen LogP contribution in [-0.4, -0.2) is 40.8 Å². The summed E-state index contributed by atoms with van der Waals surface area (Å²) in [6, 6.07) is 7.40. The summed E-state index contributed by atoms with van der Waals surface area (Å²) in [5.74, 6) is 0.720. The van der Waals surface area contributed by atoms with E-state index in [1.807, 2.05) is 43.2 Å². The molecule has 1 aliphatic rings. The van der Waals surface area contributed by atoms with Crippen LogP contribution in [0.25, 0.3) is 0 Å².